The third-order valence-corrected chi connectivity index (χ3v) is 4.54. The molecule has 0 aliphatic rings. The fourth-order valence-electron chi connectivity index (χ4n) is 3.14. The van der Waals surface area contributed by atoms with E-state index in [-0.39, 0.29) is 5.56 Å². The fourth-order valence-corrected chi connectivity index (χ4v) is 3.14. The number of nitrogens with one attached hydrogen (secondary N) is 1. The van der Waals surface area contributed by atoms with Crippen molar-refractivity contribution in [2.24, 2.45) is 0 Å². The van der Waals surface area contributed by atoms with Crippen molar-refractivity contribution in [3.8, 4) is 11.3 Å². The molecular formula is C21H19F2N5. The van der Waals surface area contributed by atoms with Crippen LogP contribution in [0.15, 0.2) is 48.9 Å². The Kier molecular flexibility index (Phi) is 4.73. The van der Waals surface area contributed by atoms with Crippen molar-refractivity contribution in [2.75, 3.05) is 5.32 Å². The monoisotopic (exact) mass is 379 g/mol. The lowest BCUT2D eigenvalue weighted by atomic mass is 10.1. The number of hydrogen-bond donors (Lipinski definition) is 1. The van der Waals surface area contributed by atoms with Gasteiger partial charge in [-0.2, -0.15) is 5.10 Å². The van der Waals surface area contributed by atoms with Gasteiger partial charge in [0.05, 0.1) is 17.6 Å². The first-order valence-electron chi connectivity index (χ1n) is 9.06. The molecule has 3 aromatic heterocycles. The van der Waals surface area contributed by atoms with E-state index in [9.17, 15) is 8.78 Å². The number of hydrogen-bond acceptors (Lipinski definition) is 4. The van der Waals surface area contributed by atoms with Crippen LogP contribution in [0.2, 0.25) is 0 Å². The Morgan fingerprint density at radius 2 is 1.89 bits per heavy atom. The lowest BCUT2D eigenvalue weighted by Crippen LogP contribution is -2.03. The summed E-state index contributed by atoms with van der Waals surface area (Å²) in [5.41, 5.74) is 4.66. The number of rotatable bonds is 5. The zero-order valence-corrected chi connectivity index (χ0v) is 15.6. The van der Waals surface area contributed by atoms with Crippen LogP contribution in [0.1, 0.15) is 18.9 Å². The Morgan fingerprint density at radius 1 is 1.04 bits per heavy atom. The van der Waals surface area contributed by atoms with Crippen molar-refractivity contribution in [1.29, 1.82) is 0 Å². The number of benzene rings is 1. The molecule has 3 heterocycles. The molecule has 0 radical (unpaired) electrons. The molecule has 5 nitrogen and oxygen atoms in total. The normalized spacial score (nSPS) is 11.1. The summed E-state index contributed by atoms with van der Waals surface area (Å²) in [7, 11) is 0. The summed E-state index contributed by atoms with van der Waals surface area (Å²) >= 11 is 0. The summed E-state index contributed by atoms with van der Waals surface area (Å²) in [6, 6.07) is 6.94. The van der Waals surface area contributed by atoms with Crippen LogP contribution in [0, 0.1) is 18.6 Å². The first kappa shape index (κ1) is 18.0. The van der Waals surface area contributed by atoms with Crippen molar-refractivity contribution < 1.29 is 8.78 Å². The molecule has 0 amide bonds. The molecule has 0 saturated heterocycles. The Labute approximate surface area is 161 Å². The van der Waals surface area contributed by atoms with Crippen LogP contribution < -0.4 is 5.32 Å². The molecule has 0 atom stereocenters. The second kappa shape index (κ2) is 7.34. The molecule has 0 saturated carbocycles. The Hall–Kier alpha value is -3.35. The highest BCUT2D eigenvalue weighted by molar-refractivity contribution is 5.90. The van der Waals surface area contributed by atoms with Gasteiger partial charge in [-0.1, -0.05) is 6.92 Å². The van der Waals surface area contributed by atoms with Gasteiger partial charge in [-0.3, -0.25) is 14.6 Å². The van der Waals surface area contributed by atoms with Crippen LogP contribution in [-0.4, -0.2) is 19.7 Å². The summed E-state index contributed by atoms with van der Waals surface area (Å²) in [6.45, 7) is 4.77. The van der Waals surface area contributed by atoms with Crippen molar-refractivity contribution >= 4 is 22.4 Å². The standard InChI is InChI=1S/C21H19F2N5/c1-3-8-28-21-17(6-7-24-20(21)12-26-28)27-18-10-19(25-11-13(18)2)15-9-14(22)4-5-16(15)23/h4-7,9-12H,3,8H2,1-2H3,(H,24,25,27). The van der Waals surface area contributed by atoms with Crippen LogP contribution in [-0.2, 0) is 6.54 Å². The largest absolute Gasteiger partial charge is 0.353 e. The first-order valence-corrected chi connectivity index (χ1v) is 9.06. The van der Waals surface area contributed by atoms with Gasteiger partial charge >= 0.3 is 0 Å². The van der Waals surface area contributed by atoms with E-state index >= 15 is 0 Å². The number of fused-ring (bicyclic) bond motifs is 1. The molecule has 4 rings (SSSR count). The zero-order valence-electron chi connectivity index (χ0n) is 15.6. The average Bonchev–Trinajstić information content (AvgIpc) is 3.10. The van der Waals surface area contributed by atoms with Gasteiger partial charge in [0.1, 0.15) is 22.7 Å². The Bertz CT molecular complexity index is 1150. The minimum atomic E-state index is -0.518. The van der Waals surface area contributed by atoms with Gasteiger partial charge in [-0.15, -0.1) is 0 Å². The number of nitrogens with zero attached hydrogens (tertiary/aromatic N) is 4. The van der Waals surface area contributed by atoms with Gasteiger partial charge in [0, 0.05) is 30.2 Å². The van der Waals surface area contributed by atoms with Crippen LogP contribution >= 0.6 is 0 Å². The quantitative estimate of drug-likeness (QED) is 0.516. The van der Waals surface area contributed by atoms with E-state index in [2.05, 4.69) is 27.3 Å². The number of anilines is 2. The predicted molar refractivity (Wildman–Crippen MR) is 105 cm³/mol. The van der Waals surface area contributed by atoms with Crippen molar-refractivity contribution in [2.45, 2.75) is 26.8 Å². The number of halogens is 2. The molecule has 142 valence electrons. The van der Waals surface area contributed by atoms with Crippen molar-refractivity contribution in [1.82, 2.24) is 19.7 Å². The molecule has 0 bridgehead atoms. The zero-order chi connectivity index (χ0) is 19.7. The topological polar surface area (TPSA) is 55.6 Å². The molecule has 0 spiro atoms. The smallest absolute Gasteiger partial charge is 0.132 e. The molecule has 0 aliphatic carbocycles. The SMILES string of the molecule is CCCn1ncc2nccc(Nc3cc(-c4cc(F)ccc4F)ncc3C)c21. The highest BCUT2D eigenvalue weighted by Gasteiger charge is 2.13. The molecule has 1 aromatic carbocycles. The Balaban J connectivity index is 1.78. The van der Waals surface area contributed by atoms with E-state index in [1.165, 1.54) is 0 Å². The van der Waals surface area contributed by atoms with Crippen molar-refractivity contribution in [3.05, 3.63) is 66.1 Å². The number of aryl methyl sites for hydroxylation is 2. The number of pyridine rings is 2. The molecule has 0 unspecified atom stereocenters. The highest BCUT2D eigenvalue weighted by atomic mass is 19.1. The average molecular weight is 379 g/mol. The van der Waals surface area contributed by atoms with Gasteiger partial charge in [-0.05, 0) is 49.2 Å². The van der Waals surface area contributed by atoms with E-state index in [0.717, 1.165) is 59.1 Å². The van der Waals surface area contributed by atoms with E-state index < -0.39 is 11.6 Å². The van der Waals surface area contributed by atoms with Gasteiger partial charge in [-0.25, -0.2) is 8.78 Å². The molecule has 28 heavy (non-hydrogen) atoms. The maximum atomic E-state index is 14.2. The van der Waals surface area contributed by atoms with Gasteiger partial charge in [0.25, 0.3) is 0 Å². The lowest BCUT2D eigenvalue weighted by molar-refractivity contribution is 0.602. The fraction of sp³-hybridized carbons (Fsp3) is 0.190. The van der Waals surface area contributed by atoms with Gasteiger partial charge < -0.3 is 5.32 Å². The first-order chi connectivity index (χ1) is 13.6. The summed E-state index contributed by atoms with van der Waals surface area (Å²) in [6.07, 6.45) is 6.04. The van der Waals surface area contributed by atoms with Crippen molar-refractivity contribution in [3.63, 3.8) is 0 Å². The Morgan fingerprint density at radius 3 is 2.71 bits per heavy atom. The molecule has 0 aliphatic heterocycles. The number of aromatic nitrogens is 4. The van der Waals surface area contributed by atoms with Gasteiger partial charge in [0.2, 0.25) is 0 Å². The summed E-state index contributed by atoms with van der Waals surface area (Å²) in [5, 5.41) is 7.79. The maximum absolute atomic E-state index is 14.2. The second-order valence-corrected chi connectivity index (χ2v) is 6.59. The lowest BCUT2D eigenvalue weighted by Gasteiger charge is -2.13. The molecule has 4 aromatic rings. The summed E-state index contributed by atoms with van der Waals surface area (Å²) < 4.78 is 29.7. The maximum Gasteiger partial charge on any atom is 0.132 e. The third kappa shape index (κ3) is 3.31. The molecule has 7 heteroatoms. The molecule has 1 N–H and O–H groups in total. The molecular weight excluding hydrogens is 360 g/mol. The van der Waals surface area contributed by atoms with E-state index in [1.807, 2.05) is 17.7 Å². The van der Waals surface area contributed by atoms with Crippen LogP contribution in [0.5, 0.6) is 0 Å². The van der Waals surface area contributed by atoms with E-state index in [1.54, 1.807) is 24.7 Å². The highest BCUT2D eigenvalue weighted by Crippen LogP contribution is 2.30. The summed E-state index contributed by atoms with van der Waals surface area (Å²) in [4.78, 5) is 8.64. The minimum absolute atomic E-state index is 0.124. The van der Waals surface area contributed by atoms with Crippen LogP contribution in [0.25, 0.3) is 22.3 Å². The predicted octanol–water partition coefficient (Wildman–Crippen LogP) is 5.23. The second-order valence-electron chi connectivity index (χ2n) is 6.59. The third-order valence-electron chi connectivity index (χ3n) is 4.54. The minimum Gasteiger partial charge on any atom is -0.353 e. The van der Waals surface area contributed by atoms with Crippen LogP contribution in [0.3, 0.4) is 0 Å². The summed E-state index contributed by atoms with van der Waals surface area (Å²) in [5.74, 6) is -1.02. The van der Waals surface area contributed by atoms with Crippen LogP contribution in [0.4, 0.5) is 20.2 Å². The molecule has 0 fully saturated rings. The van der Waals surface area contributed by atoms with Gasteiger partial charge in [0.15, 0.2) is 0 Å². The van der Waals surface area contributed by atoms with E-state index in [0.29, 0.717) is 5.69 Å². The van der Waals surface area contributed by atoms with E-state index in [4.69, 9.17) is 0 Å².